The number of aromatic nitrogens is 6. The van der Waals surface area contributed by atoms with E-state index in [4.69, 9.17) is 19.9 Å². The van der Waals surface area contributed by atoms with Crippen LogP contribution in [0.4, 0.5) is 43.4 Å². The second kappa shape index (κ2) is 41.4. The van der Waals surface area contributed by atoms with E-state index in [1.54, 1.807) is 53.2 Å². The highest BCUT2D eigenvalue weighted by atomic mass is 32.2. The molecule has 0 saturated carbocycles. The largest absolute Gasteiger partial charge is 0.396 e. The van der Waals surface area contributed by atoms with Crippen LogP contribution in [0.3, 0.4) is 0 Å². The van der Waals surface area contributed by atoms with Crippen molar-refractivity contribution in [2.75, 3.05) is 111 Å². The number of nitrogens with two attached hydrogens (primary N) is 1. The Morgan fingerprint density at radius 1 is 0.437 bits per heavy atom. The number of carbonyl (C=O) groups is 12. The highest BCUT2D eigenvalue weighted by Gasteiger charge is 2.48. The first kappa shape index (κ1) is 93.1. The molecule has 0 bridgehead atoms. The van der Waals surface area contributed by atoms with Crippen LogP contribution in [0.2, 0.25) is 0 Å². The second-order valence-corrected chi connectivity index (χ2v) is 32.5. The first-order valence-corrected chi connectivity index (χ1v) is 42.4. The molecule has 12 heterocycles. The number of hydrogen-bond acceptors (Lipinski definition) is 29. The maximum Gasteiger partial charge on any atom is 0.316 e. The molecule has 9 aliphatic rings. The van der Waals surface area contributed by atoms with Crippen molar-refractivity contribution in [3.63, 3.8) is 0 Å². The number of piperidine rings is 6. The zero-order valence-electron chi connectivity index (χ0n) is 67.9. The summed E-state index contributed by atoms with van der Waals surface area (Å²) in [6.07, 6.45) is 2.26. The molecule has 3 atom stereocenters. The van der Waals surface area contributed by atoms with Gasteiger partial charge in [0.25, 0.3) is 64.8 Å². The number of imide groups is 6. The number of carbonyl (C=O) groups excluding carboxylic acids is 12. The molecule has 6 fully saturated rings. The van der Waals surface area contributed by atoms with Gasteiger partial charge in [0.15, 0.2) is 5.69 Å². The number of amides is 12. The Kier molecular flexibility index (Phi) is 30.6. The van der Waals surface area contributed by atoms with Crippen LogP contribution in [0, 0.1) is 20.2 Å². The molecule has 6 aromatic rings. The minimum atomic E-state index is -3.50. The fourth-order valence-electron chi connectivity index (χ4n) is 15.9. The lowest BCUT2D eigenvalue weighted by molar-refractivity contribution is -0.386. The molecule has 40 nitrogen and oxygen atoms in total. The number of ether oxygens (including phenoxy) is 3. The monoisotopic (exact) mass is 1790 g/mol. The fraction of sp³-hybridized carbons (Fsp3) is 0.506. The van der Waals surface area contributed by atoms with Gasteiger partial charge >= 0.3 is 11.4 Å². The van der Waals surface area contributed by atoms with E-state index >= 15 is 0 Å². The molecule has 3 aromatic heterocycles. The summed E-state index contributed by atoms with van der Waals surface area (Å²) in [5, 5.41) is 42.7. The maximum atomic E-state index is 13.1. The van der Waals surface area contributed by atoms with E-state index < -0.39 is 151 Å². The molecule has 0 aliphatic carbocycles. The van der Waals surface area contributed by atoms with Crippen molar-refractivity contribution in [2.45, 2.75) is 152 Å². The van der Waals surface area contributed by atoms with Gasteiger partial charge in [0.2, 0.25) is 46.8 Å². The molecular formula is C79H90F6N18O22S. The zero-order valence-corrected chi connectivity index (χ0v) is 68.7. The Morgan fingerprint density at radius 3 is 1.06 bits per heavy atom. The van der Waals surface area contributed by atoms with Crippen molar-refractivity contribution < 1.29 is 121 Å². The fourth-order valence-corrected chi connectivity index (χ4v) is 16.3. The Balaban J connectivity index is 0.000000159. The standard InChI is InChI=1S/C26H28F2N6O7.C26H30F2N6O5.C18H20N2O8S.C9H12F2N4O2/c27-23(28)22-20(34(39)40)14-32(30-22)16-5-8-31(9-6-16)10-12-41-11-7-15-1-2-17-18(13-15)26(38)33(25(17)37)19-3-4-21(35)29-24(19)36;27-23(28)22-19(29)14-33(31-22)16-5-8-32(9-6-16)10-12-39-11-7-15-1-2-17-18(13-15)26(38)34(25(17)37)20-3-4-21(35)30-24(20)36;1-29(25,26)28-9-8-27-7-6-11-2-3-12-13(10-11)18(24)20(17(12)23)14-4-5-15(21)19-16(14)22;10-9(11)8-7(15(16)17)5-14(13-8)6-1-3-12-4-2-6/h1-2,13-14,16,19,23H,3-12H2,(H,29,35,36);1-2,13-14,16,20,23H,3-12,29H2,(H,30,35,36);2-3,10,14H,4-9H2,1H3,(H,19,21,22);5-6,9,12H,1-4H2. The first-order chi connectivity index (χ1) is 60.1. The summed E-state index contributed by atoms with van der Waals surface area (Å²) in [7, 11) is -3.50. The third-order valence-corrected chi connectivity index (χ3v) is 23.2. The number of benzene rings is 3. The normalized spacial score (nSPS) is 19.8. The van der Waals surface area contributed by atoms with Gasteiger partial charge < -0.3 is 35.1 Å². The van der Waals surface area contributed by atoms with E-state index in [0.717, 1.165) is 108 Å². The minimum absolute atomic E-state index is 0.0202. The number of alkyl halides is 6. The van der Waals surface area contributed by atoms with Crippen LogP contribution in [-0.4, -0.2) is 266 Å². The van der Waals surface area contributed by atoms with Crippen LogP contribution >= 0.6 is 0 Å². The van der Waals surface area contributed by atoms with Crippen molar-refractivity contribution in [1.29, 1.82) is 0 Å². The van der Waals surface area contributed by atoms with Gasteiger partial charge in [0, 0.05) is 64.7 Å². The van der Waals surface area contributed by atoms with Gasteiger partial charge in [-0.15, -0.1) is 0 Å². The van der Waals surface area contributed by atoms with E-state index in [1.807, 2.05) is 0 Å². The molecule has 15 rings (SSSR count). The number of nitrogen functional groups attached to an aromatic ring is 1. The number of nitrogens with one attached hydrogen (secondary N) is 4. The van der Waals surface area contributed by atoms with Crippen molar-refractivity contribution in [2.24, 2.45) is 0 Å². The summed E-state index contributed by atoms with van der Waals surface area (Å²) in [5.41, 5.74) is 6.25. The molecule has 6 saturated heterocycles. The summed E-state index contributed by atoms with van der Waals surface area (Å²) in [4.78, 5) is 175. The second-order valence-electron chi connectivity index (χ2n) is 30.8. The maximum absolute atomic E-state index is 13.1. The number of rotatable bonds is 30. The highest BCUT2D eigenvalue weighted by molar-refractivity contribution is 7.86. The molecule has 9 aliphatic heterocycles. The number of hydrogen-bond donors (Lipinski definition) is 5. The quantitative estimate of drug-likeness (QED) is 0.00988. The number of nitro groups is 2. The summed E-state index contributed by atoms with van der Waals surface area (Å²) >= 11 is 0. The Morgan fingerprint density at radius 2 is 0.754 bits per heavy atom. The molecule has 47 heteroatoms. The predicted molar refractivity (Wildman–Crippen MR) is 424 cm³/mol. The molecule has 0 radical (unpaired) electrons. The molecular weight excluding hydrogens is 1700 g/mol. The number of halogens is 6. The average Bonchev–Trinajstić information content (AvgIpc) is 1.61. The van der Waals surface area contributed by atoms with Crippen molar-refractivity contribution in [3.05, 3.63) is 161 Å². The van der Waals surface area contributed by atoms with Gasteiger partial charge in [-0.1, -0.05) is 18.2 Å². The van der Waals surface area contributed by atoms with E-state index in [1.165, 1.54) is 21.6 Å². The number of likely N-dealkylation sites (tertiary alicyclic amines) is 2. The average molecular weight is 1790 g/mol. The van der Waals surface area contributed by atoms with Crippen molar-refractivity contribution >= 4 is 98.1 Å². The van der Waals surface area contributed by atoms with Gasteiger partial charge in [0.1, 0.15) is 30.5 Å². The van der Waals surface area contributed by atoms with Crippen molar-refractivity contribution in [1.82, 2.24) is 75.1 Å². The Bertz CT molecular complexity index is 5300. The smallest absolute Gasteiger partial charge is 0.316 e. The van der Waals surface area contributed by atoms with E-state index in [2.05, 4.69) is 50.5 Å². The first-order valence-electron chi connectivity index (χ1n) is 40.6. The van der Waals surface area contributed by atoms with Crippen LogP contribution in [0.15, 0.2) is 73.2 Å². The third kappa shape index (κ3) is 22.4. The lowest BCUT2D eigenvalue weighted by atomic mass is 10.0. The van der Waals surface area contributed by atoms with Crippen molar-refractivity contribution in [3.8, 4) is 0 Å². The molecule has 3 unspecified atom stereocenters. The molecule has 676 valence electrons. The molecule has 6 N–H and O–H groups in total. The van der Waals surface area contributed by atoms with Crippen LogP contribution in [-0.2, 0) is 76.5 Å². The lowest BCUT2D eigenvalue weighted by Crippen LogP contribution is -2.54. The number of nitrogens with zero attached hydrogens (tertiary/aromatic N) is 13. The molecule has 0 spiro atoms. The van der Waals surface area contributed by atoms with Gasteiger partial charge in [0.05, 0.1) is 120 Å². The van der Waals surface area contributed by atoms with Gasteiger partial charge in [-0.2, -0.15) is 23.7 Å². The molecule has 126 heavy (non-hydrogen) atoms. The van der Waals surface area contributed by atoms with E-state index in [9.17, 15) is 113 Å². The van der Waals surface area contributed by atoms with E-state index in [-0.39, 0.29) is 121 Å². The SMILES string of the molecule is CS(=O)(=O)OCCOCCc1ccc2c(c1)C(=O)N(C1CCC(=O)NC1=O)C2=O.Nc1cn(C2CCN(CCOCCc3ccc4c(c3)C(=O)N(C3CCC(=O)NC3=O)C4=O)CC2)nc1C(F)F.O=C1CCC(N2C(=O)c3ccc(CCOCCN4CCC(n5cc([N+](=O)[O-])c(C(F)F)n5)CC4)cc3C2=O)C(=O)N1.O=[N+]([O-])c1cn(C2CCNCC2)nc1C(F)F. The summed E-state index contributed by atoms with van der Waals surface area (Å²) in [6.45, 7) is 7.86. The molecule has 12 amide bonds. The predicted octanol–water partition coefficient (Wildman–Crippen LogP) is 5.00. The van der Waals surface area contributed by atoms with Gasteiger partial charge in [-0.25, -0.2) is 26.3 Å². The lowest BCUT2D eigenvalue weighted by Gasteiger charge is -2.31. The van der Waals surface area contributed by atoms with Gasteiger partial charge in [-0.3, -0.25) is 127 Å². The summed E-state index contributed by atoms with van der Waals surface area (Å²) in [5.74, 6) is -6.48. The number of anilines is 1. The van der Waals surface area contributed by atoms with Crippen LogP contribution < -0.4 is 27.0 Å². The van der Waals surface area contributed by atoms with Crippen LogP contribution in [0.25, 0.3) is 0 Å². The topological polar surface area (TPSA) is 506 Å². The van der Waals surface area contributed by atoms with Crippen LogP contribution in [0.1, 0.15) is 210 Å². The van der Waals surface area contributed by atoms with E-state index in [0.29, 0.717) is 78.2 Å². The summed E-state index contributed by atoms with van der Waals surface area (Å²) < 4.78 is 124. The van der Waals surface area contributed by atoms with Gasteiger partial charge in [-0.05, 0) is 143 Å². The molecule has 3 aromatic carbocycles. The minimum Gasteiger partial charge on any atom is -0.396 e. The highest BCUT2D eigenvalue weighted by Crippen LogP contribution is 2.37. The van der Waals surface area contributed by atoms with Crippen LogP contribution in [0.5, 0.6) is 0 Å². The third-order valence-electron chi connectivity index (χ3n) is 22.6. The Labute approximate surface area is 713 Å². The summed E-state index contributed by atoms with van der Waals surface area (Å²) in [6, 6.07) is 11.6. The zero-order chi connectivity index (χ0) is 90.5. The number of fused-ring (bicyclic) bond motifs is 3. The Hall–Kier alpha value is -12.0.